The van der Waals surface area contributed by atoms with Crippen molar-refractivity contribution in [3.8, 4) is 0 Å². The Hall–Kier alpha value is -3.19. The normalized spacial score (nSPS) is 14.9. The Morgan fingerprint density at radius 2 is 1.78 bits per heavy atom. The Balaban J connectivity index is 1.41. The summed E-state index contributed by atoms with van der Waals surface area (Å²) in [5.41, 5.74) is 4.15. The molecular weight excluding hydrogens is 485 g/mol. The molecule has 0 aliphatic carbocycles. The Bertz CT molecular complexity index is 1200. The third-order valence-corrected chi connectivity index (χ3v) is 8.31. The second-order valence-corrected chi connectivity index (χ2v) is 10.4. The highest BCUT2D eigenvalue weighted by molar-refractivity contribution is 7.08. The van der Waals surface area contributed by atoms with Crippen LogP contribution in [0.15, 0.2) is 59.3 Å². The third-order valence-electron chi connectivity index (χ3n) is 7.40. The van der Waals surface area contributed by atoms with Gasteiger partial charge >= 0.3 is 0 Å². The quantitative estimate of drug-likeness (QED) is 0.362. The van der Waals surface area contributed by atoms with Crippen LogP contribution in [0.4, 0.5) is 15.8 Å². The van der Waals surface area contributed by atoms with Gasteiger partial charge in [-0.15, -0.1) is 0 Å². The minimum atomic E-state index is -0.346. The maximum atomic E-state index is 15.1. The first kappa shape index (κ1) is 26.9. The van der Waals surface area contributed by atoms with Crippen LogP contribution in [0.2, 0.25) is 0 Å². The number of nitrogens with one attached hydrogen (secondary N) is 1. The van der Waals surface area contributed by atoms with E-state index in [1.54, 1.807) is 23.5 Å². The molecule has 37 heavy (non-hydrogen) atoms. The van der Waals surface area contributed by atoms with Gasteiger partial charge in [0.05, 0.1) is 18.0 Å². The summed E-state index contributed by atoms with van der Waals surface area (Å²) in [6, 6.07) is 15.0. The summed E-state index contributed by atoms with van der Waals surface area (Å²) in [6.07, 6.45) is 1.90. The van der Waals surface area contributed by atoms with Gasteiger partial charge in [-0.1, -0.05) is 30.3 Å². The smallest absolute Gasteiger partial charge is 0.230 e. The fourth-order valence-electron chi connectivity index (χ4n) is 5.27. The van der Waals surface area contributed by atoms with Crippen LogP contribution in [0, 0.1) is 18.7 Å². The number of hydrogen-bond donors (Lipinski definition) is 1. The zero-order chi connectivity index (χ0) is 26.4. The van der Waals surface area contributed by atoms with E-state index in [4.69, 9.17) is 0 Å². The molecule has 1 fully saturated rings. The van der Waals surface area contributed by atoms with Crippen molar-refractivity contribution in [2.45, 2.75) is 46.0 Å². The largest absolute Gasteiger partial charge is 0.369 e. The Morgan fingerprint density at radius 3 is 2.38 bits per heavy atom. The van der Waals surface area contributed by atoms with Gasteiger partial charge in [0.1, 0.15) is 5.82 Å². The van der Waals surface area contributed by atoms with E-state index in [2.05, 4.69) is 10.2 Å². The average molecular weight is 522 g/mol. The van der Waals surface area contributed by atoms with Crippen LogP contribution in [-0.2, 0) is 16.0 Å². The lowest BCUT2D eigenvalue weighted by atomic mass is 9.79. The lowest BCUT2D eigenvalue weighted by Crippen LogP contribution is -2.42. The first-order valence-corrected chi connectivity index (χ1v) is 14.0. The number of carbonyl (C=O) groups excluding carboxylic acids is 2. The summed E-state index contributed by atoms with van der Waals surface area (Å²) in [4.78, 5) is 29.9. The highest BCUT2D eigenvalue weighted by Crippen LogP contribution is 2.36. The maximum absolute atomic E-state index is 15.1. The van der Waals surface area contributed by atoms with Crippen molar-refractivity contribution in [3.63, 3.8) is 0 Å². The van der Waals surface area contributed by atoms with E-state index < -0.39 is 0 Å². The number of halogens is 1. The van der Waals surface area contributed by atoms with E-state index >= 15 is 4.39 Å². The van der Waals surface area contributed by atoms with E-state index in [9.17, 15) is 9.59 Å². The number of nitrogens with zero attached hydrogens (tertiary/aromatic N) is 2. The second kappa shape index (κ2) is 12.4. The van der Waals surface area contributed by atoms with E-state index in [1.165, 1.54) is 6.07 Å². The molecule has 1 atom stereocenters. The highest BCUT2D eigenvalue weighted by Gasteiger charge is 2.35. The third kappa shape index (κ3) is 6.39. The maximum Gasteiger partial charge on any atom is 0.230 e. The van der Waals surface area contributed by atoms with Gasteiger partial charge in [-0.05, 0) is 85.2 Å². The molecule has 1 saturated heterocycles. The molecule has 7 heteroatoms. The molecule has 2 amide bonds. The number of rotatable bonds is 9. The van der Waals surface area contributed by atoms with Gasteiger partial charge < -0.3 is 15.1 Å². The average Bonchev–Trinajstić information content (AvgIpc) is 3.30. The molecule has 1 unspecified atom stereocenters. The van der Waals surface area contributed by atoms with Crippen molar-refractivity contribution in [1.29, 1.82) is 0 Å². The molecule has 0 spiro atoms. The summed E-state index contributed by atoms with van der Waals surface area (Å²) in [7, 11) is 0. The summed E-state index contributed by atoms with van der Waals surface area (Å²) in [5.74, 6) is -0.300. The minimum Gasteiger partial charge on any atom is -0.369 e. The first-order valence-electron chi connectivity index (χ1n) is 13.1. The number of hydrogen-bond acceptors (Lipinski definition) is 4. The van der Waals surface area contributed by atoms with Crippen molar-refractivity contribution >= 4 is 34.5 Å². The molecule has 0 saturated carbocycles. The first-order chi connectivity index (χ1) is 17.9. The minimum absolute atomic E-state index is 0.153. The number of carbonyl (C=O) groups is 2. The van der Waals surface area contributed by atoms with Crippen molar-refractivity contribution in [2.75, 3.05) is 36.4 Å². The fraction of sp³-hybridized carbons (Fsp3) is 0.400. The molecule has 196 valence electrons. The number of benzene rings is 2. The van der Waals surface area contributed by atoms with Crippen LogP contribution < -0.4 is 10.2 Å². The summed E-state index contributed by atoms with van der Waals surface area (Å²) < 4.78 is 15.1. The van der Waals surface area contributed by atoms with Gasteiger partial charge in [0.25, 0.3) is 0 Å². The molecule has 1 aromatic heterocycles. The van der Waals surface area contributed by atoms with Crippen LogP contribution in [0.3, 0.4) is 0 Å². The number of anilines is 2. The van der Waals surface area contributed by atoms with Crippen LogP contribution in [0.25, 0.3) is 0 Å². The number of likely N-dealkylation sites (N-methyl/N-ethyl adjacent to an activating group) is 1. The van der Waals surface area contributed by atoms with Gasteiger partial charge in [0, 0.05) is 31.9 Å². The zero-order valence-corrected chi connectivity index (χ0v) is 22.7. The molecule has 2 aromatic carbocycles. The van der Waals surface area contributed by atoms with Crippen molar-refractivity contribution in [2.24, 2.45) is 5.92 Å². The van der Waals surface area contributed by atoms with Gasteiger partial charge in [-0.2, -0.15) is 11.3 Å². The van der Waals surface area contributed by atoms with Crippen LogP contribution in [0.1, 0.15) is 49.3 Å². The monoisotopic (exact) mass is 521 g/mol. The lowest BCUT2D eigenvalue weighted by Gasteiger charge is -2.38. The molecule has 4 rings (SSSR count). The van der Waals surface area contributed by atoms with E-state index in [0.717, 1.165) is 29.5 Å². The molecule has 1 aliphatic heterocycles. The van der Waals surface area contributed by atoms with Gasteiger partial charge in [0.15, 0.2) is 0 Å². The molecule has 1 aliphatic rings. The fourth-order valence-corrected chi connectivity index (χ4v) is 6.13. The predicted octanol–water partition coefficient (Wildman–Crippen LogP) is 6.25. The second-order valence-electron chi connectivity index (χ2n) is 9.69. The Morgan fingerprint density at radius 1 is 1.08 bits per heavy atom. The summed E-state index contributed by atoms with van der Waals surface area (Å²) >= 11 is 1.57. The molecule has 0 radical (unpaired) electrons. The highest BCUT2D eigenvalue weighted by atomic mass is 32.1. The van der Waals surface area contributed by atoms with Crippen molar-refractivity contribution < 1.29 is 14.0 Å². The molecular formula is C30H36FN3O2S. The summed E-state index contributed by atoms with van der Waals surface area (Å²) in [5, 5.41) is 6.81. The topological polar surface area (TPSA) is 52.7 Å². The molecule has 3 aromatic rings. The molecule has 2 heterocycles. The lowest BCUT2D eigenvalue weighted by molar-refractivity contribution is -0.134. The standard InChI is InChI=1S/C30H36FN3O2S/c1-4-33(5-2)30(36)29(22-9-7-6-8-10-22)23-13-15-34(16-14-23)27-12-11-25(18-26(27)31)32-28(35)17-24-20-37-19-21(24)3/h6-12,18-20,23,29H,4-5,13-17H2,1-3H3,(H,32,35). The number of thiophene rings is 1. The SMILES string of the molecule is CCN(CC)C(=O)C(c1ccccc1)C1CCN(c2ccc(NC(=O)Cc3cscc3C)cc2F)CC1. The van der Waals surface area contributed by atoms with Crippen molar-refractivity contribution in [1.82, 2.24) is 4.90 Å². The Labute approximate surface area is 223 Å². The van der Waals surface area contributed by atoms with E-state index in [0.29, 0.717) is 37.6 Å². The van der Waals surface area contributed by atoms with Crippen LogP contribution in [0.5, 0.6) is 0 Å². The zero-order valence-electron chi connectivity index (χ0n) is 21.9. The van der Waals surface area contributed by atoms with E-state index in [-0.39, 0.29) is 35.9 Å². The molecule has 1 N–H and O–H groups in total. The number of amides is 2. The van der Waals surface area contributed by atoms with Gasteiger partial charge in [-0.3, -0.25) is 9.59 Å². The van der Waals surface area contributed by atoms with Crippen molar-refractivity contribution in [3.05, 3.63) is 81.8 Å². The van der Waals surface area contributed by atoms with E-state index in [1.807, 2.05) is 66.8 Å². The van der Waals surface area contributed by atoms with Crippen LogP contribution in [-0.4, -0.2) is 42.9 Å². The molecule has 0 bridgehead atoms. The van der Waals surface area contributed by atoms with Crippen LogP contribution >= 0.6 is 11.3 Å². The molecule has 5 nitrogen and oxygen atoms in total. The number of piperidine rings is 1. The predicted molar refractivity (Wildman–Crippen MR) is 150 cm³/mol. The Kier molecular flexibility index (Phi) is 8.98. The van der Waals surface area contributed by atoms with Gasteiger partial charge in [0.2, 0.25) is 11.8 Å². The summed E-state index contributed by atoms with van der Waals surface area (Å²) in [6.45, 7) is 8.77. The number of aryl methyl sites for hydroxylation is 1. The van der Waals surface area contributed by atoms with Gasteiger partial charge in [-0.25, -0.2) is 4.39 Å².